The number of anilines is 2. The summed E-state index contributed by atoms with van der Waals surface area (Å²) >= 11 is 1.86. The van der Waals surface area contributed by atoms with E-state index in [1.807, 2.05) is 23.6 Å². The summed E-state index contributed by atoms with van der Waals surface area (Å²) < 4.78 is 0. The molecule has 2 heterocycles. The van der Waals surface area contributed by atoms with E-state index < -0.39 is 0 Å². The molecule has 0 spiro atoms. The third-order valence-electron chi connectivity index (χ3n) is 3.20. The van der Waals surface area contributed by atoms with Gasteiger partial charge in [-0.3, -0.25) is 10.1 Å². The molecular weight excluding hydrogens is 278 g/mol. The molecule has 1 aromatic heterocycles. The summed E-state index contributed by atoms with van der Waals surface area (Å²) in [6, 6.07) is 0.233. The monoisotopic (exact) mass is 297 g/mol. The highest BCUT2D eigenvalue weighted by molar-refractivity contribution is 7.99. The van der Waals surface area contributed by atoms with Gasteiger partial charge in [-0.2, -0.15) is 16.7 Å². The number of rotatable bonds is 4. The molecule has 0 amide bonds. The van der Waals surface area contributed by atoms with Gasteiger partial charge in [0, 0.05) is 30.6 Å². The summed E-state index contributed by atoms with van der Waals surface area (Å²) in [6.07, 6.45) is 0. The summed E-state index contributed by atoms with van der Waals surface area (Å²) in [4.78, 5) is 21.5. The van der Waals surface area contributed by atoms with E-state index in [1.165, 1.54) is 0 Å². The molecule has 0 bridgehead atoms. The van der Waals surface area contributed by atoms with E-state index >= 15 is 0 Å². The number of aromatic nitrogens is 2. The predicted octanol–water partition coefficient (Wildman–Crippen LogP) is 2.07. The van der Waals surface area contributed by atoms with Crippen molar-refractivity contribution in [2.75, 3.05) is 34.8 Å². The average Bonchev–Trinajstić information content (AvgIpc) is 2.38. The van der Waals surface area contributed by atoms with Gasteiger partial charge in [0.05, 0.1) is 4.92 Å². The Morgan fingerprint density at radius 3 is 2.90 bits per heavy atom. The Kier molecular flexibility index (Phi) is 4.64. The number of hydrogen-bond acceptors (Lipinski definition) is 7. The minimum atomic E-state index is -0.380. The second-order valence-electron chi connectivity index (χ2n) is 4.71. The van der Waals surface area contributed by atoms with Crippen LogP contribution in [0.2, 0.25) is 0 Å². The molecular formula is C12H19N5O2S. The van der Waals surface area contributed by atoms with Crippen molar-refractivity contribution in [2.24, 2.45) is 0 Å². The SMILES string of the molecule is CCNc1nc(C)c([N+](=O)[O-])c(N2CCSCC2C)n1. The van der Waals surface area contributed by atoms with Crippen molar-refractivity contribution in [2.45, 2.75) is 26.8 Å². The lowest BCUT2D eigenvalue weighted by molar-refractivity contribution is -0.385. The lowest BCUT2D eigenvalue weighted by Gasteiger charge is -2.33. The highest BCUT2D eigenvalue weighted by Gasteiger charge is 2.30. The molecule has 1 fully saturated rings. The van der Waals surface area contributed by atoms with Crippen molar-refractivity contribution in [3.05, 3.63) is 15.8 Å². The first-order valence-corrected chi connectivity index (χ1v) is 7.81. The summed E-state index contributed by atoms with van der Waals surface area (Å²) in [5, 5.41) is 14.4. The molecule has 0 saturated carbocycles. The van der Waals surface area contributed by atoms with Crippen LogP contribution >= 0.6 is 11.8 Å². The van der Waals surface area contributed by atoms with Gasteiger partial charge in [0.1, 0.15) is 5.69 Å². The van der Waals surface area contributed by atoms with Crippen LogP contribution in [0, 0.1) is 17.0 Å². The van der Waals surface area contributed by atoms with E-state index in [2.05, 4.69) is 22.2 Å². The van der Waals surface area contributed by atoms with Crippen LogP contribution in [0.3, 0.4) is 0 Å². The Hall–Kier alpha value is -1.57. The highest BCUT2D eigenvalue weighted by Crippen LogP contribution is 2.33. The van der Waals surface area contributed by atoms with E-state index in [0.717, 1.165) is 18.1 Å². The van der Waals surface area contributed by atoms with Crippen molar-refractivity contribution in [1.29, 1.82) is 0 Å². The Labute approximate surface area is 122 Å². The van der Waals surface area contributed by atoms with Crippen molar-refractivity contribution in [1.82, 2.24) is 9.97 Å². The fourth-order valence-corrected chi connectivity index (χ4v) is 3.26. The molecule has 1 aliphatic heterocycles. The van der Waals surface area contributed by atoms with Gasteiger partial charge in [0.2, 0.25) is 11.8 Å². The van der Waals surface area contributed by atoms with Gasteiger partial charge in [-0.1, -0.05) is 0 Å². The summed E-state index contributed by atoms with van der Waals surface area (Å²) in [7, 11) is 0. The molecule has 20 heavy (non-hydrogen) atoms. The van der Waals surface area contributed by atoms with Crippen LogP contribution in [-0.4, -0.2) is 45.5 Å². The third-order valence-corrected chi connectivity index (χ3v) is 4.39. The lowest BCUT2D eigenvalue weighted by atomic mass is 10.2. The van der Waals surface area contributed by atoms with E-state index in [4.69, 9.17) is 0 Å². The first-order valence-electron chi connectivity index (χ1n) is 6.65. The molecule has 1 saturated heterocycles. The van der Waals surface area contributed by atoms with Crippen molar-refractivity contribution >= 4 is 29.2 Å². The Morgan fingerprint density at radius 1 is 1.55 bits per heavy atom. The smallest absolute Gasteiger partial charge is 0.332 e. The van der Waals surface area contributed by atoms with Crippen molar-refractivity contribution in [3.8, 4) is 0 Å². The topological polar surface area (TPSA) is 84.2 Å². The number of nitrogens with one attached hydrogen (secondary N) is 1. The standard InChI is InChI=1S/C12H19N5O2S/c1-4-13-12-14-9(3)10(17(18)19)11(15-12)16-5-6-20-7-8(16)2/h8H,4-7H2,1-3H3,(H,13,14,15). The molecule has 8 heteroatoms. The first-order chi connectivity index (χ1) is 9.54. The molecule has 1 atom stereocenters. The van der Waals surface area contributed by atoms with Crippen LogP contribution in [0.25, 0.3) is 0 Å². The molecule has 0 radical (unpaired) electrons. The zero-order chi connectivity index (χ0) is 14.7. The van der Waals surface area contributed by atoms with Crippen LogP contribution in [0.5, 0.6) is 0 Å². The van der Waals surface area contributed by atoms with Gasteiger partial charge in [-0.25, -0.2) is 4.98 Å². The predicted molar refractivity (Wildman–Crippen MR) is 81.7 cm³/mol. The molecule has 1 N–H and O–H groups in total. The quantitative estimate of drug-likeness (QED) is 0.672. The molecule has 1 unspecified atom stereocenters. The van der Waals surface area contributed by atoms with Gasteiger partial charge in [-0.05, 0) is 20.8 Å². The number of thioether (sulfide) groups is 1. The Balaban J connectivity index is 2.49. The van der Waals surface area contributed by atoms with Crippen LogP contribution in [0.1, 0.15) is 19.5 Å². The van der Waals surface area contributed by atoms with Gasteiger partial charge >= 0.3 is 5.69 Å². The van der Waals surface area contributed by atoms with E-state index in [0.29, 0.717) is 24.0 Å². The summed E-state index contributed by atoms with van der Waals surface area (Å²) in [5.74, 6) is 2.81. The normalized spacial score (nSPS) is 18.9. The highest BCUT2D eigenvalue weighted by atomic mass is 32.2. The fourth-order valence-electron chi connectivity index (χ4n) is 2.24. The molecule has 0 aromatic carbocycles. The minimum Gasteiger partial charge on any atom is -0.354 e. The van der Waals surface area contributed by atoms with Gasteiger partial charge < -0.3 is 10.2 Å². The maximum Gasteiger partial charge on any atom is 0.332 e. The molecule has 110 valence electrons. The molecule has 1 aromatic rings. The van der Waals surface area contributed by atoms with Crippen LogP contribution in [0.15, 0.2) is 0 Å². The molecule has 7 nitrogen and oxygen atoms in total. The maximum atomic E-state index is 11.3. The zero-order valence-electron chi connectivity index (χ0n) is 11.9. The first kappa shape index (κ1) is 14.8. The Morgan fingerprint density at radius 2 is 2.30 bits per heavy atom. The van der Waals surface area contributed by atoms with E-state index in [-0.39, 0.29) is 16.7 Å². The second-order valence-corrected chi connectivity index (χ2v) is 5.86. The molecule has 1 aliphatic rings. The van der Waals surface area contributed by atoms with Gasteiger partial charge in [0.25, 0.3) is 0 Å². The van der Waals surface area contributed by atoms with Crippen molar-refractivity contribution < 1.29 is 4.92 Å². The summed E-state index contributed by atoms with van der Waals surface area (Å²) in [5.41, 5.74) is 0.423. The lowest BCUT2D eigenvalue weighted by Crippen LogP contribution is -2.41. The number of nitro groups is 1. The minimum absolute atomic E-state index is 0.0189. The number of hydrogen-bond donors (Lipinski definition) is 1. The Bertz CT molecular complexity index is 511. The van der Waals surface area contributed by atoms with Crippen LogP contribution < -0.4 is 10.2 Å². The zero-order valence-corrected chi connectivity index (χ0v) is 12.7. The number of nitrogens with zero attached hydrogens (tertiary/aromatic N) is 4. The van der Waals surface area contributed by atoms with E-state index in [9.17, 15) is 10.1 Å². The summed E-state index contributed by atoms with van der Waals surface area (Å²) in [6.45, 7) is 7.13. The largest absolute Gasteiger partial charge is 0.354 e. The van der Waals surface area contributed by atoms with Gasteiger partial charge in [-0.15, -0.1) is 0 Å². The van der Waals surface area contributed by atoms with E-state index in [1.54, 1.807) is 6.92 Å². The fraction of sp³-hybridized carbons (Fsp3) is 0.667. The van der Waals surface area contributed by atoms with Gasteiger partial charge in [0.15, 0.2) is 0 Å². The third kappa shape index (κ3) is 2.95. The van der Waals surface area contributed by atoms with Crippen LogP contribution in [-0.2, 0) is 0 Å². The second kappa shape index (κ2) is 6.25. The number of aryl methyl sites for hydroxylation is 1. The van der Waals surface area contributed by atoms with Crippen LogP contribution in [0.4, 0.5) is 17.5 Å². The molecule has 0 aliphatic carbocycles. The maximum absolute atomic E-state index is 11.3. The average molecular weight is 297 g/mol. The molecule has 2 rings (SSSR count). The van der Waals surface area contributed by atoms with Crippen molar-refractivity contribution in [3.63, 3.8) is 0 Å².